The highest BCUT2D eigenvalue weighted by molar-refractivity contribution is 7.92. The molecule has 0 saturated heterocycles. The van der Waals surface area contributed by atoms with Gasteiger partial charge in [0.05, 0.1) is 19.6 Å². The van der Waals surface area contributed by atoms with Gasteiger partial charge in [-0.3, -0.25) is 0 Å². The number of para-hydroxylation sites is 1. The lowest BCUT2D eigenvalue weighted by Gasteiger charge is -1.97. The molecule has 21 heavy (non-hydrogen) atoms. The fourth-order valence-electron chi connectivity index (χ4n) is 1.83. The Labute approximate surface area is 139 Å². The molecule has 0 spiro atoms. The van der Waals surface area contributed by atoms with Gasteiger partial charge in [0, 0.05) is 7.05 Å². The molecule has 0 amide bonds. The van der Waals surface area contributed by atoms with Crippen LogP contribution in [-0.4, -0.2) is 13.0 Å². The third kappa shape index (κ3) is 2.76. The number of aromatic nitrogens is 1. The zero-order valence-corrected chi connectivity index (χ0v) is 14.5. The van der Waals surface area contributed by atoms with Crippen LogP contribution in [0.5, 0.6) is 0 Å². The summed E-state index contributed by atoms with van der Waals surface area (Å²) in [6.07, 6.45) is 0. The van der Waals surface area contributed by atoms with Crippen molar-refractivity contribution in [3.63, 3.8) is 0 Å². The molecule has 110 valence electrons. The van der Waals surface area contributed by atoms with E-state index >= 15 is 0 Å². The number of hydrogen-bond donors (Lipinski definition) is 0. The zero-order valence-electron chi connectivity index (χ0n) is 10.6. The van der Waals surface area contributed by atoms with Gasteiger partial charge < -0.3 is 4.57 Å². The van der Waals surface area contributed by atoms with Crippen molar-refractivity contribution in [3.05, 3.63) is 44.5 Å². The predicted octanol–water partition coefficient (Wildman–Crippen LogP) is 3.90. The van der Waals surface area contributed by atoms with Crippen molar-refractivity contribution in [2.75, 3.05) is 0 Å². The maximum Gasteiger partial charge on any atom is 0.294 e. The first-order valence-electron chi connectivity index (χ1n) is 5.69. The minimum atomic E-state index is -3.77. The molecule has 9 heteroatoms. The van der Waals surface area contributed by atoms with Crippen LogP contribution >= 0.6 is 45.9 Å². The molecule has 0 atom stereocenters. The van der Waals surface area contributed by atoms with Crippen molar-refractivity contribution in [1.29, 1.82) is 0 Å². The van der Waals surface area contributed by atoms with Crippen LogP contribution in [0.4, 0.5) is 0 Å². The van der Waals surface area contributed by atoms with Crippen molar-refractivity contribution in [2.45, 2.75) is 4.21 Å². The second-order valence-electron chi connectivity index (χ2n) is 4.16. The average molecular weight is 379 g/mol. The standard InChI is InChI=1S/C12H8Cl2N2O2S3/c1-16-11-7(13)3-2-4-8(11)19-12(16)15-21(17,18)10-6-5-9(14)20-10/h2-6H,1H3. The molecular weight excluding hydrogens is 371 g/mol. The monoisotopic (exact) mass is 378 g/mol. The number of benzene rings is 1. The Bertz CT molecular complexity index is 999. The Balaban J connectivity index is 2.25. The number of fused-ring (bicyclic) bond motifs is 1. The van der Waals surface area contributed by atoms with Crippen molar-refractivity contribution >= 4 is 66.1 Å². The third-order valence-corrected chi connectivity index (χ3v) is 7.26. The van der Waals surface area contributed by atoms with E-state index in [0.29, 0.717) is 14.2 Å². The number of thiazole rings is 1. The fourth-order valence-corrected chi connectivity index (χ4v) is 5.92. The first-order valence-corrected chi connectivity index (χ1v) is 9.52. The maximum atomic E-state index is 12.3. The van der Waals surface area contributed by atoms with Crippen molar-refractivity contribution in [1.82, 2.24) is 4.57 Å². The Morgan fingerprint density at radius 2 is 1.90 bits per heavy atom. The fraction of sp³-hybridized carbons (Fsp3) is 0.0833. The van der Waals surface area contributed by atoms with Gasteiger partial charge in [0.1, 0.15) is 4.21 Å². The van der Waals surface area contributed by atoms with Crippen molar-refractivity contribution < 1.29 is 8.42 Å². The van der Waals surface area contributed by atoms with E-state index in [9.17, 15) is 8.42 Å². The van der Waals surface area contributed by atoms with Crippen molar-refractivity contribution in [3.8, 4) is 0 Å². The Morgan fingerprint density at radius 1 is 1.14 bits per heavy atom. The molecule has 0 fully saturated rings. The van der Waals surface area contributed by atoms with Gasteiger partial charge in [-0.05, 0) is 24.3 Å². The first kappa shape index (κ1) is 15.1. The topological polar surface area (TPSA) is 51.4 Å². The molecule has 3 rings (SSSR count). The molecule has 4 nitrogen and oxygen atoms in total. The number of halogens is 2. The summed E-state index contributed by atoms with van der Waals surface area (Å²) >= 11 is 14.2. The van der Waals surface area contributed by atoms with Gasteiger partial charge in [0.2, 0.25) is 4.80 Å². The maximum absolute atomic E-state index is 12.3. The Hall–Kier alpha value is -0.860. The third-order valence-electron chi connectivity index (χ3n) is 2.77. The lowest BCUT2D eigenvalue weighted by Crippen LogP contribution is -2.13. The summed E-state index contributed by atoms with van der Waals surface area (Å²) in [6.45, 7) is 0. The van der Waals surface area contributed by atoms with Gasteiger partial charge >= 0.3 is 0 Å². The van der Waals surface area contributed by atoms with E-state index in [1.54, 1.807) is 17.7 Å². The molecule has 0 aliphatic rings. The molecule has 3 aromatic rings. The zero-order chi connectivity index (χ0) is 15.2. The smallest absolute Gasteiger partial charge is 0.294 e. The SMILES string of the molecule is Cn1c(=NS(=O)(=O)c2ccc(Cl)s2)sc2cccc(Cl)c21. The molecule has 0 saturated carbocycles. The summed E-state index contributed by atoms with van der Waals surface area (Å²) in [6, 6.07) is 8.44. The van der Waals surface area contributed by atoms with E-state index in [1.807, 2.05) is 12.1 Å². The van der Waals surface area contributed by atoms with Gasteiger partial charge in [0.15, 0.2) is 0 Å². The molecule has 2 aromatic heterocycles. The number of aryl methyl sites for hydroxylation is 1. The number of rotatable bonds is 2. The summed E-state index contributed by atoms with van der Waals surface area (Å²) < 4.78 is 31.5. The molecule has 0 N–H and O–H groups in total. The highest BCUT2D eigenvalue weighted by atomic mass is 35.5. The molecule has 2 heterocycles. The lowest BCUT2D eigenvalue weighted by molar-refractivity contribution is 0.598. The van der Waals surface area contributed by atoms with E-state index in [0.717, 1.165) is 21.6 Å². The van der Waals surface area contributed by atoms with E-state index in [1.165, 1.54) is 23.5 Å². The van der Waals surface area contributed by atoms with E-state index < -0.39 is 10.0 Å². The normalized spacial score (nSPS) is 13.2. The van der Waals surface area contributed by atoms with Gasteiger partial charge in [-0.1, -0.05) is 40.6 Å². The summed E-state index contributed by atoms with van der Waals surface area (Å²) in [5.74, 6) is 0. The van der Waals surface area contributed by atoms with Gasteiger partial charge in [0.25, 0.3) is 10.0 Å². The summed E-state index contributed by atoms with van der Waals surface area (Å²) in [7, 11) is -2.03. The number of nitrogens with zero attached hydrogens (tertiary/aromatic N) is 2. The van der Waals surface area contributed by atoms with Crippen LogP contribution in [-0.2, 0) is 17.1 Å². The molecule has 0 unspecified atom stereocenters. The van der Waals surface area contributed by atoms with Gasteiger partial charge in [-0.2, -0.15) is 8.42 Å². The molecule has 0 aliphatic heterocycles. The van der Waals surface area contributed by atoms with Crippen LogP contribution in [0.3, 0.4) is 0 Å². The molecule has 1 aromatic carbocycles. The predicted molar refractivity (Wildman–Crippen MR) is 87.9 cm³/mol. The first-order chi connectivity index (χ1) is 9.88. The van der Waals surface area contributed by atoms with E-state index in [2.05, 4.69) is 4.40 Å². The van der Waals surface area contributed by atoms with Gasteiger partial charge in [-0.25, -0.2) is 0 Å². The van der Waals surface area contributed by atoms with E-state index in [-0.39, 0.29) is 4.21 Å². The average Bonchev–Trinajstić information content (AvgIpc) is 2.96. The molecule has 0 radical (unpaired) electrons. The highest BCUT2D eigenvalue weighted by Gasteiger charge is 2.16. The quantitative estimate of drug-likeness (QED) is 0.678. The summed E-state index contributed by atoms with van der Waals surface area (Å²) in [5.41, 5.74) is 0.766. The second-order valence-corrected chi connectivity index (χ2v) is 9.12. The summed E-state index contributed by atoms with van der Waals surface area (Å²) in [5, 5.41) is 0.560. The summed E-state index contributed by atoms with van der Waals surface area (Å²) in [4.78, 5) is 0.364. The number of sulfonamides is 1. The largest absolute Gasteiger partial charge is 0.318 e. The molecule has 0 bridgehead atoms. The molecule has 0 aliphatic carbocycles. The Kier molecular flexibility index (Phi) is 3.87. The number of hydrogen-bond acceptors (Lipinski definition) is 4. The van der Waals surface area contributed by atoms with Gasteiger partial charge in [-0.15, -0.1) is 15.7 Å². The minimum absolute atomic E-state index is 0.121. The van der Waals surface area contributed by atoms with Crippen LogP contribution in [0.25, 0.3) is 10.2 Å². The number of thiophene rings is 1. The minimum Gasteiger partial charge on any atom is -0.318 e. The lowest BCUT2D eigenvalue weighted by atomic mass is 10.3. The van der Waals surface area contributed by atoms with Crippen LogP contribution in [0.2, 0.25) is 9.36 Å². The second kappa shape index (κ2) is 5.40. The molecular formula is C12H8Cl2N2O2S3. The van der Waals surface area contributed by atoms with Crippen LogP contribution in [0, 0.1) is 0 Å². The Morgan fingerprint density at radius 3 is 2.52 bits per heavy atom. The van der Waals surface area contributed by atoms with Crippen molar-refractivity contribution in [2.24, 2.45) is 11.4 Å². The van der Waals surface area contributed by atoms with Crippen LogP contribution in [0.15, 0.2) is 38.9 Å². The van der Waals surface area contributed by atoms with Crippen LogP contribution in [0.1, 0.15) is 0 Å². The van der Waals surface area contributed by atoms with E-state index in [4.69, 9.17) is 23.2 Å². The highest BCUT2D eigenvalue weighted by Crippen LogP contribution is 2.28. The van der Waals surface area contributed by atoms with Crippen LogP contribution < -0.4 is 4.80 Å².